The van der Waals surface area contributed by atoms with E-state index < -0.39 is 0 Å². The first-order valence-corrected chi connectivity index (χ1v) is 22.2. The van der Waals surface area contributed by atoms with Gasteiger partial charge in [0.2, 0.25) is 5.91 Å². The second kappa shape index (κ2) is 17.3. The number of fused-ring (bicyclic) bond motifs is 8. The van der Waals surface area contributed by atoms with Gasteiger partial charge in [-0.05, 0) is 76.9 Å². The van der Waals surface area contributed by atoms with Gasteiger partial charge >= 0.3 is 0 Å². The predicted octanol–water partition coefficient (Wildman–Crippen LogP) is 9.69. The van der Waals surface area contributed by atoms with E-state index in [2.05, 4.69) is 26.1 Å². The van der Waals surface area contributed by atoms with Crippen molar-refractivity contribution in [3.63, 3.8) is 0 Å². The number of hydrogen-bond donors (Lipinski definition) is 1. The van der Waals surface area contributed by atoms with Crippen molar-refractivity contribution in [2.45, 2.75) is 76.5 Å². The SMILES string of the molecule is CCSC(C)(C)CCC(=O)Nc1cc(COc2cc3c(cc2OC)C(=O)N2c4ccccc4C[C@H]2C=N3)cc(COc2cc3c(cc2OC)C(=O)N2c4ccccc4C[C@H]2C=N3)c1. The number of anilines is 3. The molecular weight excluding hydrogens is 815 g/mol. The standard InChI is InChI=1S/C50H49N5O7S/c1-6-63-50(2,3)16-15-47(56)53-34-18-30(28-61-45-24-39-37(22-43(45)59-4)48(57)54-35(26-51-39)20-32-11-7-9-13-41(32)54)17-31(19-34)29-62-46-25-40-38(23-44(46)60-5)49(58)55-36(27-52-40)21-33-12-8-10-14-42(33)55/h7-14,17-19,22-27,35-36H,6,15-16,20-21,28-29H2,1-5H3,(H,53,56)/t35-,36-/m0/s1. The Balaban J connectivity index is 0.972. The molecule has 0 unspecified atom stereocenters. The normalized spacial score (nSPS) is 16.8. The van der Waals surface area contributed by atoms with Crippen LogP contribution in [0.15, 0.2) is 101 Å². The lowest BCUT2D eigenvalue weighted by molar-refractivity contribution is -0.116. The van der Waals surface area contributed by atoms with E-state index in [-0.39, 0.29) is 47.8 Å². The number of para-hydroxylation sites is 2. The Kier molecular flexibility index (Phi) is 11.4. The molecule has 0 bridgehead atoms. The highest BCUT2D eigenvalue weighted by Gasteiger charge is 2.38. The number of aliphatic imine (C=N–C) groups is 2. The van der Waals surface area contributed by atoms with Crippen molar-refractivity contribution < 1.29 is 33.3 Å². The number of nitrogens with zero attached hydrogens (tertiary/aromatic N) is 4. The third-order valence-electron chi connectivity index (χ3n) is 11.9. The van der Waals surface area contributed by atoms with Crippen LogP contribution in [0.5, 0.6) is 23.0 Å². The summed E-state index contributed by atoms with van der Waals surface area (Å²) in [6.07, 6.45) is 6.11. The molecule has 13 heteroatoms. The van der Waals surface area contributed by atoms with Gasteiger partial charge in [-0.15, -0.1) is 0 Å². The largest absolute Gasteiger partial charge is 0.493 e. The van der Waals surface area contributed by atoms with E-state index in [9.17, 15) is 14.4 Å². The predicted molar refractivity (Wildman–Crippen MR) is 249 cm³/mol. The molecule has 4 aliphatic heterocycles. The fourth-order valence-corrected chi connectivity index (χ4v) is 9.83. The summed E-state index contributed by atoms with van der Waals surface area (Å²) in [6.45, 7) is 6.64. The van der Waals surface area contributed by atoms with Crippen molar-refractivity contribution >= 4 is 70.3 Å². The van der Waals surface area contributed by atoms with Crippen LogP contribution >= 0.6 is 11.8 Å². The minimum atomic E-state index is -0.190. The summed E-state index contributed by atoms with van der Waals surface area (Å²) in [4.78, 5) is 54.5. The van der Waals surface area contributed by atoms with E-state index in [0.717, 1.165) is 45.8 Å². The maximum Gasteiger partial charge on any atom is 0.261 e. The average Bonchev–Trinajstić information content (AvgIpc) is 3.77. The molecule has 322 valence electrons. The number of hydrogen-bond acceptors (Lipinski definition) is 10. The van der Waals surface area contributed by atoms with E-state index in [1.807, 2.05) is 90.9 Å². The highest BCUT2D eigenvalue weighted by Crippen LogP contribution is 2.43. The average molecular weight is 864 g/mol. The number of methoxy groups -OCH3 is 2. The molecule has 4 heterocycles. The van der Waals surface area contributed by atoms with E-state index in [1.165, 1.54) is 0 Å². The Hall–Kier alpha value is -6.60. The Morgan fingerprint density at radius 2 is 1.21 bits per heavy atom. The van der Waals surface area contributed by atoms with Gasteiger partial charge in [0.05, 0.1) is 48.8 Å². The van der Waals surface area contributed by atoms with Gasteiger partial charge in [-0.3, -0.25) is 34.2 Å². The molecule has 3 amide bonds. The quantitative estimate of drug-likeness (QED) is 0.117. The highest BCUT2D eigenvalue weighted by molar-refractivity contribution is 8.00. The highest BCUT2D eigenvalue weighted by atomic mass is 32.2. The first kappa shape index (κ1) is 41.7. The molecule has 63 heavy (non-hydrogen) atoms. The van der Waals surface area contributed by atoms with Crippen LogP contribution < -0.4 is 34.1 Å². The Bertz CT molecular complexity index is 2530. The Morgan fingerprint density at radius 1 is 0.714 bits per heavy atom. The maximum atomic E-state index is 14.0. The maximum absolute atomic E-state index is 14.0. The van der Waals surface area contributed by atoms with Crippen LogP contribution in [0.25, 0.3) is 0 Å². The second-order valence-electron chi connectivity index (χ2n) is 16.6. The number of benzene rings is 5. The van der Waals surface area contributed by atoms with Gasteiger partial charge < -0.3 is 24.3 Å². The molecule has 4 aliphatic rings. The molecule has 0 fully saturated rings. The van der Waals surface area contributed by atoms with Gasteiger partial charge in [0.15, 0.2) is 23.0 Å². The van der Waals surface area contributed by atoms with Crippen molar-refractivity contribution in [3.8, 4) is 23.0 Å². The summed E-state index contributed by atoms with van der Waals surface area (Å²) in [6, 6.07) is 28.0. The third kappa shape index (κ3) is 8.37. The molecule has 0 radical (unpaired) electrons. The molecule has 12 nitrogen and oxygen atoms in total. The molecule has 9 rings (SSSR count). The zero-order valence-electron chi connectivity index (χ0n) is 36.0. The van der Waals surface area contributed by atoms with Crippen molar-refractivity contribution in [2.75, 3.05) is 35.1 Å². The lowest BCUT2D eigenvalue weighted by Gasteiger charge is -2.23. The number of thioether (sulfide) groups is 1. The van der Waals surface area contributed by atoms with E-state index in [1.54, 1.807) is 48.3 Å². The minimum Gasteiger partial charge on any atom is -0.493 e. The summed E-state index contributed by atoms with van der Waals surface area (Å²) in [5, 5.41) is 3.11. The molecule has 1 N–H and O–H groups in total. The fraction of sp³-hybridized carbons (Fsp3) is 0.300. The summed E-state index contributed by atoms with van der Waals surface area (Å²) in [5.41, 5.74) is 7.93. The molecule has 2 atom stereocenters. The van der Waals surface area contributed by atoms with Crippen molar-refractivity contribution in [1.29, 1.82) is 0 Å². The van der Waals surface area contributed by atoms with Crippen LogP contribution in [0.1, 0.15) is 76.6 Å². The monoisotopic (exact) mass is 863 g/mol. The molecule has 0 aromatic heterocycles. The number of nitrogens with one attached hydrogen (secondary N) is 1. The van der Waals surface area contributed by atoms with Gasteiger partial charge in [0.25, 0.3) is 11.8 Å². The zero-order valence-corrected chi connectivity index (χ0v) is 36.8. The summed E-state index contributed by atoms with van der Waals surface area (Å²) in [5.74, 6) is 2.19. The Labute approximate surface area is 371 Å². The Morgan fingerprint density at radius 3 is 1.68 bits per heavy atom. The van der Waals surface area contributed by atoms with Gasteiger partial charge in [-0.1, -0.05) is 57.2 Å². The van der Waals surface area contributed by atoms with Crippen LogP contribution in [0.3, 0.4) is 0 Å². The summed E-state index contributed by atoms with van der Waals surface area (Å²) < 4.78 is 24.4. The topological polar surface area (TPSA) is 131 Å². The van der Waals surface area contributed by atoms with Gasteiger partial charge in [0.1, 0.15) is 13.2 Å². The fourth-order valence-electron chi connectivity index (χ4n) is 8.80. The smallest absolute Gasteiger partial charge is 0.261 e. The van der Waals surface area contributed by atoms with Crippen LogP contribution in [-0.2, 0) is 30.8 Å². The van der Waals surface area contributed by atoms with Gasteiger partial charge in [-0.25, -0.2) is 0 Å². The zero-order chi connectivity index (χ0) is 43.8. The van der Waals surface area contributed by atoms with Gasteiger partial charge in [-0.2, -0.15) is 11.8 Å². The number of ether oxygens (including phenoxy) is 4. The van der Waals surface area contributed by atoms with Crippen LogP contribution in [0.4, 0.5) is 28.4 Å². The molecule has 0 aliphatic carbocycles. The number of amides is 3. The lowest BCUT2D eigenvalue weighted by Crippen LogP contribution is -2.37. The number of rotatable bonds is 14. The molecule has 0 saturated carbocycles. The van der Waals surface area contributed by atoms with Crippen molar-refractivity contribution in [3.05, 3.63) is 124 Å². The van der Waals surface area contributed by atoms with Crippen LogP contribution in [0, 0.1) is 0 Å². The molecule has 5 aromatic rings. The van der Waals surface area contributed by atoms with Gasteiger partial charge in [0, 0.05) is 65.6 Å². The minimum absolute atomic E-state index is 0.0364. The van der Waals surface area contributed by atoms with Crippen molar-refractivity contribution in [1.82, 2.24) is 0 Å². The summed E-state index contributed by atoms with van der Waals surface area (Å²) in [7, 11) is 3.08. The van der Waals surface area contributed by atoms with Crippen LogP contribution in [0.2, 0.25) is 0 Å². The third-order valence-corrected chi connectivity index (χ3v) is 13.1. The summed E-state index contributed by atoms with van der Waals surface area (Å²) >= 11 is 1.83. The molecule has 5 aromatic carbocycles. The second-order valence-corrected chi connectivity index (χ2v) is 18.6. The molecule has 0 spiro atoms. The molecule has 0 saturated heterocycles. The first-order chi connectivity index (χ1) is 30.5. The number of carbonyl (C=O) groups is 3. The van der Waals surface area contributed by atoms with Crippen molar-refractivity contribution in [2.24, 2.45) is 9.98 Å². The first-order valence-electron chi connectivity index (χ1n) is 21.2. The van der Waals surface area contributed by atoms with E-state index in [4.69, 9.17) is 28.9 Å². The van der Waals surface area contributed by atoms with E-state index in [0.29, 0.717) is 70.4 Å². The molecular formula is C50H49N5O7S. The lowest BCUT2D eigenvalue weighted by atomic mass is 10.1. The number of carbonyl (C=O) groups excluding carboxylic acids is 3. The van der Waals surface area contributed by atoms with E-state index >= 15 is 0 Å². The van der Waals surface area contributed by atoms with Crippen LogP contribution in [-0.4, -0.2) is 67.0 Å².